The molecule has 9 nitrogen and oxygen atoms in total. The Balaban J connectivity index is 1.27. The fourth-order valence-electron chi connectivity index (χ4n) is 3.94. The number of carbonyl (C=O) groups excluding carboxylic acids is 2. The number of hydrogen-bond acceptors (Lipinski definition) is 5. The molecule has 0 bridgehead atoms. The van der Waals surface area contributed by atoms with Gasteiger partial charge in [-0.05, 0) is 36.2 Å². The Labute approximate surface area is 180 Å². The van der Waals surface area contributed by atoms with Gasteiger partial charge in [-0.2, -0.15) is 0 Å². The van der Waals surface area contributed by atoms with Crippen molar-refractivity contribution in [2.45, 2.75) is 19.4 Å². The molecule has 2 heterocycles. The van der Waals surface area contributed by atoms with Crippen molar-refractivity contribution < 1.29 is 14.5 Å². The lowest BCUT2D eigenvalue weighted by molar-refractivity contribution is -0.384. The maximum atomic E-state index is 12.6. The van der Waals surface area contributed by atoms with E-state index < -0.39 is 4.92 Å². The van der Waals surface area contributed by atoms with Crippen LogP contribution in [-0.2, 0) is 11.3 Å². The highest BCUT2D eigenvalue weighted by Gasteiger charge is 2.22. The van der Waals surface area contributed by atoms with Gasteiger partial charge in [0.25, 0.3) is 5.69 Å². The number of likely N-dealkylation sites (tertiary alicyclic amines) is 1. The lowest BCUT2D eigenvalue weighted by atomic mass is 10.2. The largest absolute Gasteiger partial charge is 0.368 e. The van der Waals surface area contributed by atoms with Crippen LogP contribution in [0.4, 0.5) is 21.9 Å². The van der Waals surface area contributed by atoms with Crippen LogP contribution in [0, 0.1) is 10.1 Å². The molecule has 9 heteroatoms. The zero-order valence-corrected chi connectivity index (χ0v) is 17.2. The number of nitrogens with zero attached hydrogens (tertiary/aromatic N) is 4. The number of nitro benzene ring substituents is 1. The molecule has 2 aliphatic heterocycles. The molecule has 2 saturated heterocycles. The molecular weight excluding hydrogens is 398 g/mol. The first-order valence-electron chi connectivity index (χ1n) is 10.4. The number of nitro groups is 1. The highest BCUT2D eigenvalue weighted by atomic mass is 16.6. The van der Waals surface area contributed by atoms with E-state index in [9.17, 15) is 19.7 Å². The van der Waals surface area contributed by atoms with E-state index in [4.69, 9.17) is 0 Å². The van der Waals surface area contributed by atoms with Gasteiger partial charge in [-0.3, -0.25) is 14.9 Å². The summed E-state index contributed by atoms with van der Waals surface area (Å²) in [6, 6.07) is 13.9. The van der Waals surface area contributed by atoms with E-state index in [-0.39, 0.29) is 17.6 Å². The second kappa shape index (κ2) is 9.03. The average Bonchev–Trinajstić information content (AvgIpc) is 3.19. The normalized spacial score (nSPS) is 16.5. The first-order chi connectivity index (χ1) is 15.0. The van der Waals surface area contributed by atoms with E-state index in [1.807, 2.05) is 29.2 Å². The minimum absolute atomic E-state index is 0.0693. The SMILES string of the molecule is O=C1CCCN1Cc1ccc(NC(=O)N2CCN(c3ccc([N+](=O)[O-])cc3)CC2)cc1. The van der Waals surface area contributed by atoms with E-state index in [1.165, 1.54) is 12.1 Å². The predicted octanol–water partition coefficient (Wildman–Crippen LogP) is 3.07. The molecule has 31 heavy (non-hydrogen) atoms. The Morgan fingerprint density at radius 2 is 1.65 bits per heavy atom. The second-order valence-electron chi connectivity index (χ2n) is 7.79. The molecule has 2 aromatic rings. The summed E-state index contributed by atoms with van der Waals surface area (Å²) >= 11 is 0. The van der Waals surface area contributed by atoms with E-state index in [1.54, 1.807) is 17.0 Å². The van der Waals surface area contributed by atoms with Crippen molar-refractivity contribution in [1.82, 2.24) is 9.80 Å². The Morgan fingerprint density at radius 1 is 0.968 bits per heavy atom. The van der Waals surface area contributed by atoms with Crippen LogP contribution in [-0.4, -0.2) is 59.4 Å². The summed E-state index contributed by atoms with van der Waals surface area (Å²) in [7, 11) is 0. The summed E-state index contributed by atoms with van der Waals surface area (Å²) in [6.45, 7) is 3.87. The minimum atomic E-state index is -0.412. The van der Waals surface area contributed by atoms with Gasteiger partial charge < -0.3 is 20.0 Å². The van der Waals surface area contributed by atoms with Gasteiger partial charge in [0, 0.05) is 69.2 Å². The third kappa shape index (κ3) is 4.93. The van der Waals surface area contributed by atoms with Crippen LogP contribution in [0.2, 0.25) is 0 Å². The molecule has 2 aromatic carbocycles. The van der Waals surface area contributed by atoms with Crippen molar-refractivity contribution in [3.63, 3.8) is 0 Å². The number of piperazine rings is 1. The smallest absolute Gasteiger partial charge is 0.321 e. The molecule has 4 rings (SSSR count). The summed E-state index contributed by atoms with van der Waals surface area (Å²) in [5.41, 5.74) is 2.75. The Morgan fingerprint density at radius 3 is 2.23 bits per heavy atom. The maximum Gasteiger partial charge on any atom is 0.321 e. The third-order valence-corrected chi connectivity index (χ3v) is 5.74. The number of nitrogens with one attached hydrogen (secondary N) is 1. The summed E-state index contributed by atoms with van der Waals surface area (Å²) in [5, 5.41) is 13.7. The molecule has 0 saturated carbocycles. The second-order valence-corrected chi connectivity index (χ2v) is 7.79. The molecule has 0 aromatic heterocycles. The minimum Gasteiger partial charge on any atom is -0.368 e. The van der Waals surface area contributed by atoms with Gasteiger partial charge >= 0.3 is 6.03 Å². The van der Waals surface area contributed by atoms with Gasteiger partial charge in [0.05, 0.1) is 4.92 Å². The lowest BCUT2D eigenvalue weighted by Gasteiger charge is -2.36. The molecule has 0 aliphatic carbocycles. The molecule has 3 amide bonds. The van der Waals surface area contributed by atoms with Gasteiger partial charge in [0.1, 0.15) is 0 Å². The first kappa shape index (κ1) is 20.6. The van der Waals surface area contributed by atoms with Crippen molar-refractivity contribution in [2.75, 3.05) is 42.9 Å². The number of hydrogen-bond donors (Lipinski definition) is 1. The Hall–Kier alpha value is -3.62. The Kier molecular flexibility index (Phi) is 6.01. The quantitative estimate of drug-likeness (QED) is 0.589. The first-order valence-corrected chi connectivity index (χ1v) is 10.4. The zero-order valence-electron chi connectivity index (χ0n) is 17.2. The third-order valence-electron chi connectivity index (χ3n) is 5.74. The van der Waals surface area contributed by atoms with Gasteiger partial charge in [0.15, 0.2) is 0 Å². The molecular formula is C22H25N5O4. The van der Waals surface area contributed by atoms with E-state index in [2.05, 4.69) is 10.2 Å². The van der Waals surface area contributed by atoms with Crippen LogP contribution < -0.4 is 10.2 Å². The van der Waals surface area contributed by atoms with E-state index >= 15 is 0 Å². The predicted molar refractivity (Wildman–Crippen MR) is 117 cm³/mol. The van der Waals surface area contributed by atoms with Gasteiger partial charge in [-0.25, -0.2) is 4.79 Å². The highest BCUT2D eigenvalue weighted by molar-refractivity contribution is 5.89. The fraction of sp³-hybridized carbons (Fsp3) is 0.364. The molecule has 0 spiro atoms. The lowest BCUT2D eigenvalue weighted by Crippen LogP contribution is -2.50. The van der Waals surface area contributed by atoms with Gasteiger partial charge in [-0.1, -0.05) is 12.1 Å². The average molecular weight is 423 g/mol. The topological polar surface area (TPSA) is 99.0 Å². The van der Waals surface area contributed by atoms with Crippen LogP contribution in [0.5, 0.6) is 0 Å². The maximum absolute atomic E-state index is 12.6. The number of carbonyl (C=O) groups is 2. The highest BCUT2D eigenvalue weighted by Crippen LogP contribution is 2.21. The fourth-order valence-corrected chi connectivity index (χ4v) is 3.94. The number of urea groups is 1. The molecule has 2 fully saturated rings. The van der Waals surface area contributed by atoms with Crippen LogP contribution in [0.3, 0.4) is 0 Å². The molecule has 1 N–H and O–H groups in total. The number of amides is 3. The summed E-state index contributed by atoms with van der Waals surface area (Å²) in [6.07, 6.45) is 1.55. The van der Waals surface area contributed by atoms with Crippen molar-refractivity contribution in [3.05, 3.63) is 64.2 Å². The molecule has 0 atom stereocenters. The van der Waals surface area contributed by atoms with Crippen LogP contribution in [0.25, 0.3) is 0 Å². The summed E-state index contributed by atoms with van der Waals surface area (Å²) in [5.74, 6) is 0.199. The molecule has 162 valence electrons. The van der Waals surface area contributed by atoms with E-state index in [0.29, 0.717) is 39.1 Å². The summed E-state index contributed by atoms with van der Waals surface area (Å²) < 4.78 is 0. The van der Waals surface area contributed by atoms with Crippen molar-refractivity contribution in [1.29, 1.82) is 0 Å². The van der Waals surface area contributed by atoms with Gasteiger partial charge in [0.2, 0.25) is 5.91 Å². The molecule has 0 unspecified atom stereocenters. The van der Waals surface area contributed by atoms with Gasteiger partial charge in [-0.15, -0.1) is 0 Å². The zero-order chi connectivity index (χ0) is 21.8. The standard InChI is InChI=1S/C22H25N5O4/c28-21-2-1-11-26(21)16-17-3-5-18(6-4-17)23-22(29)25-14-12-24(13-15-25)19-7-9-20(10-8-19)27(30)31/h3-10H,1-2,11-16H2,(H,23,29). The van der Waals surface area contributed by atoms with Crippen LogP contribution in [0.15, 0.2) is 48.5 Å². The monoisotopic (exact) mass is 423 g/mol. The number of benzene rings is 2. The number of non-ortho nitro benzene ring substituents is 1. The summed E-state index contributed by atoms with van der Waals surface area (Å²) in [4.78, 5) is 40.5. The van der Waals surface area contributed by atoms with E-state index in [0.717, 1.165) is 29.9 Å². The Bertz CT molecular complexity index is 953. The van der Waals surface area contributed by atoms with Crippen molar-refractivity contribution >= 4 is 29.0 Å². The number of rotatable bonds is 5. The van der Waals surface area contributed by atoms with Crippen molar-refractivity contribution in [2.24, 2.45) is 0 Å². The van der Waals surface area contributed by atoms with Crippen LogP contribution >= 0.6 is 0 Å². The molecule has 2 aliphatic rings. The van der Waals surface area contributed by atoms with Crippen LogP contribution in [0.1, 0.15) is 18.4 Å². The van der Waals surface area contributed by atoms with Crippen molar-refractivity contribution in [3.8, 4) is 0 Å². The molecule has 0 radical (unpaired) electrons. The number of anilines is 2.